The summed E-state index contributed by atoms with van der Waals surface area (Å²) in [5.41, 5.74) is -0.782. The third kappa shape index (κ3) is 5.36. The fourth-order valence-corrected chi connectivity index (χ4v) is 8.40. The highest BCUT2D eigenvalue weighted by molar-refractivity contribution is 5.77. The molecule has 0 N–H and O–H groups in total. The van der Waals surface area contributed by atoms with Gasteiger partial charge in [-0.05, 0) is 62.7 Å². The van der Waals surface area contributed by atoms with E-state index in [0.29, 0.717) is 38.2 Å². The quantitative estimate of drug-likeness (QED) is 0.324. The molecule has 6 rings (SSSR count). The maximum Gasteiger partial charge on any atom is 0.335 e. The van der Waals surface area contributed by atoms with Gasteiger partial charge in [0.2, 0.25) is 0 Å². The molecule has 4 bridgehead atoms. The molecule has 0 amide bonds. The van der Waals surface area contributed by atoms with Crippen LogP contribution in [0.3, 0.4) is 0 Å². The number of alkyl halides is 4. The minimum absolute atomic E-state index is 0.112. The Morgan fingerprint density at radius 3 is 2.13 bits per heavy atom. The van der Waals surface area contributed by atoms with Gasteiger partial charge in [0.25, 0.3) is 0 Å². The van der Waals surface area contributed by atoms with E-state index in [1.54, 1.807) is 0 Å². The Balaban J connectivity index is 1.04. The van der Waals surface area contributed by atoms with Crippen molar-refractivity contribution in [3.63, 3.8) is 0 Å². The van der Waals surface area contributed by atoms with Crippen LogP contribution in [-0.4, -0.2) is 62.9 Å². The largest absolute Gasteiger partial charge is 0.462 e. The van der Waals surface area contributed by atoms with E-state index >= 15 is 0 Å². The Morgan fingerprint density at radius 2 is 1.42 bits per heavy atom. The van der Waals surface area contributed by atoms with Crippen molar-refractivity contribution in [2.75, 3.05) is 26.4 Å². The van der Waals surface area contributed by atoms with Gasteiger partial charge in [-0.3, -0.25) is 4.79 Å². The highest BCUT2D eigenvalue weighted by Crippen LogP contribution is 2.54. The lowest BCUT2D eigenvalue weighted by molar-refractivity contribution is -0.222. The van der Waals surface area contributed by atoms with Gasteiger partial charge in [-0.15, -0.1) is 0 Å². The fourth-order valence-electron chi connectivity index (χ4n) is 8.40. The van der Waals surface area contributed by atoms with E-state index in [1.165, 1.54) is 25.7 Å². The number of carbonyl (C=O) groups excluding carboxylic acids is 1. The first-order valence-electron chi connectivity index (χ1n) is 14.6. The summed E-state index contributed by atoms with van der Waals surface area (Å²) < 4.78 is 83.6. The second kappa shape index (κ2) is 10.5. The predicted octanol–water partition coefficient (Wildman–Crippen LogP) is 5.72. The van der Waals surface area contributed by atoms with E-state index in [2.05, 4.69) is 0 Å². The summed E-state index contributed by atoms with van der Waals surface area (Å²) in [6, 6.07) is 0. The smallest absolute Gasteiger partial charge is 0.335 e. The minimum Gasteiger partial charge on any atom is -0.462 e. The number of hydrogen-bond acceptors (Lipinski definition) is 6. The van der Waals surface area contributed by atoms with Gasteiger partial charge >= 0.3 is 17.8 Å². The summed E-state index contributed by atoms with van der Waals surface area (Å²) in [5, 5.41) is 0. The lowest BCUT2D eigenvalue weighted by Gasteiger charge is -2.47. The van der Waals surface area contributed by atoms with Crippen LogP contribution in [0.1, 0.15) is 77.0 Å². The molecule has 10 heteroatoms. The molecule has 6 fully saturated rings. The Morgan fingerprint density at radius 1 is 0.763 bits per heavy atom. The van der Waals surface area contributed by atoms with Gasteiger partial charge in [0, 0.05) is 11.8 Å². The summed E-state index contributed by atoms with van der Waals surface area (Å²) >= 11 is 0. The van der Waals surface area contributed by atoms with Gasteiger partial charge < -0.3 is 23.7 Å². The van der Waals surface area contributed by atoms with E-state index in [4.69, 9.17) is 23.7 Å². The standard InChI is InChI=1S/C28H40F4O6/c29-27(30)15-36-23(37-16-28(27,31)32)21-10-19-5-2-6-26(11-19,12-21)25(33)35-14-22-13-34-24(38-22)20-8-17-3-1-4-18(7-17)9-20/h17-24H,1-16H2/t17?,18?,19?,20?,21-,22?,24?,26?/m0/s1. The molecule has 7 atom stereocenters. The molecule has 6 unspecified atom stereocenters. The van der Waals surface area contributed by atoms with Crippen molar-refractivity contribution in [2.24, 2.45) is 35.0 Å². The molecule has 38 heavy (non-hydrogen) atoms. The lowest BCUT2D eigenvalue weighted by Crippen LogP contribution is -2.47. The van der Waals surface area contributed by atoms with E-state index in [1.807, 2.05) is 0 Å². The fraction of sp³-hybridized carbons (Fsp3) is 0.964. The highest BCUT2D eigenvalue weighted by Gasteiger charge is 2.60. The molecule has 216 valence electrons. The van der Waals surface area contributed by atoms with Gasteiger partial charge in [0.15, 0.2) is 12.6 Å². The Bertz CT molecular complexity index is 842. The zero-order valence-electron chi connectivity index (χ0n) is 21.9. The van der Waals surface area contributed by atoms with Crippen molar-refractivity contribution in [1.29, 1.82) is 0 Å². The first-order valence-corrected chi connectivity index (χ1v) is 14.6. The average Bonchev–Trinajstić information content (AvgIpc) is 3.32. The molecule has 2 aliphatic heterocycles. The summed E-state index contributed by atoms with van der Waals surface area (Å²) in [6.07, 6.45) is 9.75. The van der Waals surface area contributed by atoms with Crippen LogP contribution in [-0.2, 0) is 28.5 Å². The van der Waals surface area contributed by atoms with E-state index < -0.39 is 42.7 Å². The highest BCUT2D eigenvalue weighted by atomic mass is 19.3. The minimum atomic E-state index is -4.29. The number of carbonyl (C=O) groups is 1. The van der Waals surface area contributed by atoms with Gasteiger partial charge in [0.1, 0.15) is 25.9 Å². The van der Waals surface area contributed by atoms with Crippen molar-refractivity contribution in [2.45, 2.75) is 108 Å². The van der Waals surface area contributed by atoms with Crippen LogP contribution < -0.4 is 0 Å². The zero-order valence-corrected chi connectivity index (χ0v) is 21.9. The third-order valence-corrected chi connectivity index (χ3v) is 10.2. The van der Waals surface area contributed by atoms with E-state index in [-0.39, 0.29) is 30.9 Å². The topological polar surface area (TPSA) is 63.2 Å². The Hall–Kier alpha value is -0.970. The number of esters is 1. The second-order valence-corrected chi connectivity index (χ2v) is 13.0. The molecule has 4 saturated carbocycles. The van der Waals surface area contributed by atoms with Crippen LogP contribution in [0.4, 0.5) is 17.6 Å². The van der Waals surface area contributed by atoms with Crippen LogP contribution in [0.15, 0.2) is 0 Å². The van der Waals surface area contributed by atoms with Crippen LogP contribution in [0.25, 0.3) is 0 Å². The number of ether oxygens (including phenoxy) is 5. The monoisotopic (exact) mass is 548 g/mol. The second-order valence-electron chi connectivity index (χ2n) is 13.0. The molecule has 0 aromatic carbocycles. The van der Waals surface area contributed by atoms with Crippen molar-refractivity contribution in [3.05, 3.63) is 0 Å². The normalized spacial score (nSPS) is 44.8. The zero-order chi connectivity index (χ0) is 26.5. The summed E-state index contributed by atoms with van der Waals surface area (Å²) in [4.78, 5) is 13.5. The van der Waals surface area contributed by atoms with Crippen LogP contribution in [0.5, 0.6) is 0 Å². The van der Waals surface area contributed by atoms with Gasteiger partial charge in [-0.2, -0.15) is 17.6 Å². The molecule has 0 aromatic heterocycles. The number of fused-ring (bicyclic) bond motifs is 4. The summed E-state index contributed by atoms with van der Waals surface area (Å²) in [7, 11) is 0. The third-order valence-electron chi connectivity index (χ3n) is 10.2. The van der Waals surface area contributed by atoms with Gasteiger partial charge in [-0.25, -0.2) is 0 Å². The molecule has 0 spiro atoms. The maximum absolute atomic E-state index is 13.8. The maximum atomic E-state index is 13.8. The molecule has 6 aliphatic rings. The molecule has 0 aromatic rings. The molecular weight excluding hydrogens is 508 g/mol. The molecule has 6 nitrogen and oxygen atoms in total. The van der Waals surface area contributed by atoms with Crippen LogP contribution >= 0.6 is 0 Å². The van der Waals surface area contributed by atoms with E-state index in [9.17, 15) is 22.4 Å². The average molecular weight is 549 g/mol. The van der Waals surface area contributed by atoms with Crippen molar-refractivity contribution in [3.8, 4) is 0 Å². The molecule has 0 radical (unpaired) electrons. The Labute approximate surface area is 221 Å². The van der Waals surface area contributed by atoms with Crippen LogP contribution in [0, 0.1) is 35.0 Å². The van der Waals surface area contributed by atoms with Gasteiger partial charge in [-0.1, -0.05) is 32.1 Å². The number of hydrogen-bond donors (Lipinski definition) is 0. The van der Waals surface area contributed by atoms with Crippen molar-refractivity contribution in [1.82, 2.24) is 0 Å². The first-order chi connectivity index (χ1) is 18.1. The van der Waals surface area contributed by atoms with Crippen LogP contribution in [0.2, 0.25) is 0 Å². The van der Waals surface area contributed by atoms with Gasteiger partial charge in [0.05, 0.1) is 12.0 Å². The molecular formula is C28H40F4O6. The number of rotatable bonds is 5. The van der Waals surface area contributed by atoms with E-state index in [0.717, 1.165) is 37.5 Å². The van der Waals surface area contributed by atoms with Crippen molar-refractivity contribution >= 4 is 5.97 Å². The number of halogens is 4. The Kier molecular flexibility index (Phi) is 7.49. The lowest BCUT2D eigenvalue weighted by atomic mass is 9.58. The molecule has 2 heterocycles. The SMILES string of the molecule is O=C(OCC1COC(C2CC3CCCC(C3)C2)O1)C12CCCC(C[C@H](C3OCC(F)(F)C(F)(F)CO3)C1)C2. The summed E-state index contributed by atoms with van der Waals surface area (Å²) in [6.45, 7) is -2.28. The predicted molar refractivity (Wildman–Crippen MR) is 126 cm³/mol. The van der Waals surface area contributed by atoms with Crippen molar-refractivity contribution < 1.29 is 46.0 Å². The molecule has 4 aliphatic carbocycles. The summed E-state index contributed by atoms with van der Waals surface area (Å²) in [5.74, 6) is -7.21. The first kappa shape index (κ1) is 27.2. The molecule has 2 saturated heterocycles.